The monoisotopic (exact) mass is 385 g/mol. The van der Waals surface area contributed by atoms with Crippen molar-refractivity contribution in [3.63, 3.8) is 0 Å². The molecule has 1 aromatic carbocycles. The summed E-state index contributed by atoms with van der Waals surface area (Å²) in [5.74, 6) is -0.599. The number of halogens is 1. The number of hydrogen-bond donors (Lipinski definition) is 0. The maximum absolute atomic E-state index is 13.0. The highest BCUT2D eigenvalue weighted by Gasteiger charge is 2.29. The van der Waals surface area contributed by atoms with E-state index in [1.165, 1.54) is 12.1 Å². The number of carbonyl (C=O) groups is 2. The molecule has 2 aliphatic rings. The van der Waals surface area contributed by atoms with Gasteiger partial charge in [-0.25, -0.2) is 4.39 Å². The van der Waals surface area contributed by atoms with Gasteiger partial charge < -0.3 is 14.7 Å². The van der Waals surface area contributed by atoms with Crippen molar-refractivity contribution in [2.24, 2.45) is 0 Å². The van der Waals surface area contributed by atoms with Crippen LogP contribution in [-0.4, -0.2) is 69.5 Å². The molecule has 2 aromatic rings. The van der Waals surface area contributed by atoms with Gasteiger partial charge in [-0.1, -0.05) is 12.1 Å². The van der Waals surface area contributed by atoms with Crippen LogP contribution in [0.1, 0.15) is 28.2 Å². The third-order valence-corrected chi connectivity index (χ3v) is 5.32. The van der Waals surface area contributed by atoms with Gasteiger partial charge in [0.05, 0.1) is 5.69 Å². The molecule has 2 aliphatic heterocycles. The number of benzene rings is 1. The minimum Gasteiger partial charge on any atom is -0.335 e. The summed E-state index contributed by atoms with van der Waals surface area (Å²) < 4.78 is 14.9. The average molecular weight is 385 g/mol. The Morgan fingerprint density at radius 3 is 2.64 bits per heavy atom. The lowest BCUT2D eigenvalue weighted by molar-refractivity contribution is -0.135. The lowest BCUT2D eigenvalue weighted by atomic mass is 10.2. The van der Waals surface area contributed by atoms with E-state index in [0.29, 0.717) is 25.3 Å². The molecule has 148 valence electrons. The normalized spacial score (nSPS) is 18.1. The van der Waals surface area contributed by atoms with Gasteiger partial charge in [0, 0.05) is 39.3 Å². The van der Waals surface area contributed by atoms with Crippen molar-refractivity contribution in [1.29, 1.82) is 0 Å². The number of rotatable bonds is 3. The maximum Gasteiger partial charge on any atom is 0.274 e. The third-order valence-electron chi connectivity index (χ3n) is 5.32. The Labute approximate surface area is 163 Å². The molecular formula is C20H24FN5O2. The molecule has 0 aliphatic carbocycles. The van der Waals surface area contributed by atoms with Crippen LogP contribution in [0.2, 0.25) is 0 Å². The van der Waals surface area contributed by atoms with E-state index < -0.39 is 0 Å². The molecule has 1 fully saturated rings. The molecule has 0 spiro atoms. The molecule has 2 amide bonds. The maximum atomic E-state index is 13.0. The van der Waals surface area contributed by atoms with Crippen molar-refractivity contribution in [2.45, 2.75) is 26.1 Å². The van der Waals surface area contributed by atoms with Gasteiger partial charge in [-0.2, -0.15) is 5.10 Å². The molecule has 8 heteroatoms. The first-order valence-electron chi connectivity index (χ1n) is 9.56. The second kappa shape index (κ2) is 7.71. The first-order valence-corrected chi connectivity index (χ1v) is 9.56. The van der Waals surface area contributed by atoms with Crippen molar-refractivity contribution in [3.05, 3.63) is 53.1 Å². The first-order chi connectivity index (χ1) is 13.5. The van der Waals surface area contributed by atoms with Gasteiger partial charge in [0.25, 0.3) is 5.91 Å². The van der Waals surface area contributed by atoms with E-state index in [9.17, 15) is 14.0 Å². The van der Waals surface area contributed by atoms with Crippen molar-refractivity contribution in [2.75, 3.05) is 33.2 Å². The zero-order chi connectivity index (χ0) is 19.7. The minimum absolute atomic E-state index is 0.0438. The number of piperazine rings is 1. The Bertz CT molecular complexity index is 879. The number of carbonyl (C=O) groups excluding carboxylic acids is 2. The van der Waals surface area contributed by atoms with Gasteiger partial charge in [0.1, 0.15) is 12.4 Å². The van der Waals surface area contributed by atoms with E-state index in [1.54, 1.807) is 21.9 Å². The Hall–Kier alpha value is -2.74. The largest absolute Gasteiger partial charge is 0.335 e. The lowest BCUT2D eigenvalue weighted by Crippen LogP contribution is -2.51. The number of fused-ring (bicyclic) bond motifs is 1. The third kappa shape index (κ3) is 3.91. The highest BCUT2D eigenvalue weighted by atomic mass is 19.1. The molecule has 1 aromatic heterocycles. The van der Waals surface area contributed by atoms with Crippen LogP contribution in [0.25, 0.3) is 0 Å². The smallest absolute Gasteiger partial charge is 0.274 e. The fourth-order valence-corrected chi connectivity index (χ4v) is 3.75. The van der Waals surface area contributed by atoms with Crippen LogP contribution in [-0.2, 0) is 24.4 Å². The Morgan fingerprint density at radius 2 is 1.89 bits per heavy atom. The van der Waals surface area contributed by atoms with E-state index in [1.807, 2.05) is 10.7 Å². The van der Waals surface area contributed by atoms with Crippen LogP contribution in [0.3, 0.4) is 0 Å². The summed E-state index contributed by atoms with van der Waals surface area (Å²) in [7, 11) is 2.06. The molecule has 0 saturated carbocycles. The highest BCUT2D eigenvalue weighted by molar-refractivity contribution is 5.95. The summed E-state index contributed by atoms with van der Waals surface area (Å²) in [6, 6.07) is 7.98. The van der Waals surface area contributed by atoms with E-state index in [0.717, 1.165) is 37.3 Å². The highest BCUT2D eigenvalue weighted by Crippen LogP contribution is 2.16. The summed E-state index contributed by atoms with van der Waals surface area (Å²) >= 11 is 0. The van der Waals surface area contributed by atoms with Gasteiger partial charge in [0.2, 0.25) is 5.91 Å². The van der Waals surface area contributed by atoms with E-state index in [2.05, 4.69) is 17.0 Å². The summed E-state index contributed by atoms with van der Waals surface area (Å²) in [5.41, 5.74) is 2.31. The first kappa shape index (κ1) is 18.6. The topological polar surface area (TPSA) is 61.7 Å². The summed E-state index contributed by atoms with van der Waals surface area (Å²) in [6.07, 6.45) is 0.999. The van der Waals surface area contributed by atoms with Gasteiger partial charge in [-0.05, 0) is 37.2 Å². The van der Waals surface area contributed by atoms with E-state index in [-0.39, 0.29) is 24.2 Å². The zero-order valence-electron chi connectivity index (χ0n) is 16.0. The standard InChI is InChI=1S/C20H24FN5O2/c1-23-7-2-8-26-17(13-23)11-18(22-26)20(28)25-10-9-24(19(27)14-25)12-15-3-5-16(21)6-4-15/h3-6,11H,2,7-10,12-14H2,1H3. The van der Waals surface area contributed by atoms with E-state index >= 15 is 0 Å². The molecule has 0 atom stereocenters. The van der Waals surface area contributed by atoms with Crippen LogP contribution in [0.4, 0.5) is 4.39 Å². The molecule has 0 radical (unpaired) electrons. The molecule has 0 unspecified atom stereocenters. The van der Waals surface area contributed by atoms with Crippen LogP contribution in [0, 0.1) is 5.82 Å². The second-order valence-corrected chi connectivity index (χ2v) is 7.50. The molecular weight excluding hydrogens is 361 g/mol. The second-order valence-electron chi connectivity index (χ2n) is 7.50. The van der Waals surface area contributed by atoms with Gasteiger partial charge >= 0.3 is 0 Å². The number of nitrogens with zero attached hydrogens (tertiary/aromatic N) is 5. The van der Waals surface area contributed by atoms with Gasteiger partial charge in [0.15, 0.2) is 5.69 Å². The van der Waals surface area contributed by atoms with Crippen molar-refractivity contribution < 1.29 is 14.0 Å². The molecule has 0 N–H and O–H groups in total. The van der Waals surface area contributed by atoms with E-state index in [4.69, 9.17) is 0 Å². The Balaban J connectivity index is 1.40. The number of amides is 2. The molecule has 3 heterocycles. The zero-order valence-corrected chi connectivity index (χ0v) is 16.0. The van der Waals surface area contributed by atoms with Gasteiger partial charge in [-0.3, -0.25) is 14.3 Å². The fraction of sp³-hybridized carbons (Fsp3) is 0.450. The number of aryl methyl sites for hydroxylation is 1. The number of aromatic nitrogens is 2. The molecule has 28 heavy (non-hydrogen) atoms. The molecule has 0 bridgehead atoms. The lowest BCUT2D eigenvalue weighted by Gasteiger charge is -2.34. The molecule has 1 saturated heterocycles. The predicted octanol–water partition coefficient (Wildman–Crippen LogP) is 1.34. The SMILES string of the molecule is CN1CCCn2nc(C(=O)N3CCN(Cc4ccc(F)cc4)C(=O)C3)cc2C1. The van der Waals surface area contributed by atoms with Crippen LogP contribution < -0.4 is 0 Å². The van der Waals surface area contributed by atoms with Crippen molar-refractivity contribution >= 4 is 11.8 Å². The average Bonchev–Trinajstić information content (AvgIpc) is 2.98. The summed E-state index contributed by atoms with van der Waals surface area (Å²) in [5, 5.41) is 4.48. The van der Waals surface area contributed by atoms with Gasteiger partial charge in [-0.15, -0.1) is 0 Å². The summed E-state index contributed by atoms with van der Waals surface area (Å²) in [6.45, 7) is 3.97. The van der Waals surface area contributed by atoms with Crippen LogP contribution >= 0.6 is 0 Å². The molecule has 4 rings (SSSR count). The quantitative estimate of drug-likeness (QED) is 0.800. The Kier molecular flexibility index (Phi) is 5.13. The molecule has 7 nitrogen and oxygen atoms in total. The minimum atomic E-state index is -0.296. The Morgan fingerprint density at radius 1 is 1.11 bits per heavy atom. The summed E-state index contributed by atoms with van der Waals surface area (Å²) in [4.78, 5) is 30.9. The predicted molar refractivity (Wildman–Crippen MR) is 101 cm³/mol. The van der Waals surface area contributed by atoms with Crippen LogP contribution in [0.15, 0.2) is 30.3 Å². The fourth-order valence-electron chi connectivity index (χ4n) is 3.75. The van der Waals surface area contributed by atoms with Crippen LogP contribution in [0.5, 0.6) is 0 Å². The number of hydrogen-bond acceptors (Lipinski definition) is 4. The van der Waals surface area contributed by atoms with Crippen molar-refractivity contribution in [3.8, 4) is 0 Å². The van der Waals surface area contributed by atoms with Crippen molar-refractivity contribution in [1.82, 2.24) is 24.5 Å².